The van der Waals surface area contributed by atoms with Gasteiger partial charge in [-0.1, -0.05) is 0 Å². The number of carboxylic acid groups (broad SMARTS) is 1. The van der Waals surface area contributed by atoms with Crippen LogP contribution in [0.5, 0.6) is 11.6 Å². The summed E-state index contributed by atoms with van der Waals surface area (Å²) in [4.78, 5) is 22.3. The highest BCUT2D eigenvalue weighted by Crippen LogP contribution is 2.40. The molecule has 33 heavy (non-hydrogen) atoms. The van der Waals surface area contributed by atoms with E-state index in [0.717, 1.165) is 4.31 Å². The number of anilines is 2. The predicted molar refractivity (Wildman–Crippen MR) is 119 cm³/mol. The van der Waals surface area contributed by atoms with Gasteiger partial charge in [0, 0.05) is 25.4 Å². The molecule has 0 aliphatic carbocycles. The summed E-state index contributed by atoms with van der Waals surface area (Å²) in [5.41, 5.74) is 0.327. The van der Waals surface area contributed by atoms with Crippen LogP contribution in [0.25, 0.3) is 0 Å². The topological polar surface area (TPSA) is 152 Å². The zero-order valence-electron chi connectivity index (χ0n) is 18.7. The number of nitrogens with one attached hydrogen (secondary N) is 2. The smallest absolute Gasteiger partial charge is 0.409 e. The Morgan fingerprint density at radius 3 is 2.70 bits per heavy atom. The van der Waals surface area contributed by atoms with Crippen LogP contribution in [0.2, 0.25) is 0 Å². The van der Waals surface area contributed by atoms with Crippen LogP contribution in [0.1, 0.15) is 27.7 Å². The molecular formula is C20H27N5O7S. The molecule has 0 spiro atoms. The van der Waals surface area contributed by atoms with Gasteiger partial charge in [0.05, 0.1) is 24.9 Å². The molecule has 3 rings (SSSR count). The fourth-order valence-corrected chi connectivity index (χ4v) is 4.82. The van der Waals surface area contributed by atoms with Crippen LogP contribution in [-0.2, 0) is 21.4 Å². The van der Waals surface area contributed by atoms with Gasteiger partial charge < -0.3 is 19.9 Å². The number of fused-ring (bicyclic) bond motifs is 1. The van der Waals surface area contributed by atoms with Crippen LogP contribution < -0.4 is 24.4 Å². The Balaban J connectivity index is 2.09. The summed E-state index contributed by atoms with van der Waals surface area (Å²) in [7, 11) is -4.20. The van der Waals surface area contributed by atoms with Crippen LogP contribution in [0, 0.1) is 0 Å². The number of hydrogen-bond donors (Lipinski definition) is 3. The molecule has 13 heteroatoms. The highest BCUT2D eigenvalue weighted by Gasteiger charge is 2.38. The number of carbonyl (C=O) groups excluding carboxylic acids is 1. The van der Waals surface area contributed by atoms with Gasteiger partial charge in [-0.05, 0) is 39.0 Å². The SMILES string of the molecule is CCn1cc(S(=O)(=O)N2CC(CNC(C)=O)Oc3ccc(NC(=O)O)cc32)c(OC(C)C)n1. The van der Waals surface area contributed by atoms with Crippen molar-refractivity contribution in [2.75, 3.05) is 22.7 Å². The maximum atomic E-state index is 13.8. The molecule has 180 valence electrons. The lowest BCUT2D eigenvalue weighted by Gasteiger charge is -2.35. The van der Waals surface area contributed by atoms with Gasteiger partial charge in [-0.25, -0.2) is 13.2 Å². The number of nitrogens with zero attached hydrogens (tertiary/aromatic N) is 3. The summed E-state index contributed by atoms with van der Waals surface area (Å²) in [5, 5.41) is 18.1. The molecule has 0 radical (unpaired) electrons. The molecule has 12 nitrogen and oxygen atoms in total. The second kappa shape index (κ2) is 9.57. The van der Waals surface area contributed by atoms with E-state index in [9.17, 15) is 18.0 Å². The Bertz CT molecular complexity index is 1150. The third-order valence-corrected chi connectivity index (χ3v) is 6.42. The number of rotatable bonds is 8. The molecule has 0 saturated carbocycles. The van der Waals surface area contributed by atoms with Gasteiger partial charge in [0.15, 0.2) is 4.90 Å². The van der Waals surface area contributed by atoms with Crippen LogP contribution >= 0.6 is 0 Å². The van der Waals surface area contributed by atoms with Gasteiger partial charge in [-0.2, -0.15) is 0 Å². The first-order valence-electron chi connectivity index (χ1n) is 10.3. The minimum Gasteiger partial charge on any atom is -0.484 e. The standard InChI is InChI=1S/C20H27N5O7S/c1-5-24-11-18(19(23-24)31-12(2)3)33(29,30)25-10-15(9-21-13(4)26)32-17-7-6-14(8-16(17)25)22-20(27)28/h6-8,11-12,15,22H,5,9-10H2,1-4H3,(H,21,26)(H,27,28). The largest absolute Gasteiger partial charge is 0.484 e. The van der Waals surface area contributed by atoms with Crippen molar-refractivity contribution in [2.24, 2.45) is 0 Å². The van der Waals surface area contributed by atoms with E-state index < -0.39 is 22.2 Å². The van der Waals surface area contributed by atoms with E-state index in [-0.39, 0.29) is 53.0 Å². The fraction of sp³-hybridized carbons (Fsp3) is 0.450. The molecule has 1 aliphatic rings. The molecule has 2 heterocycles. The van der Waals surface area contributed by atoms with Crippen LogP contribution in [0.15, 0.2) is 29.3 Å². The number of benzene rings is 1. The van der Waals surface area contributed by atoms with Crippen LogP contribution in [0.4, 0.5) is 16.2 Å². The zero-order chi connectivity index (χ0) is 24.3. The molecule has 2 aromatic rings. The van der Waals surface area contributed by atoms with Crippen molar-refractivity contribution in [1.29, 1.82) is 0 Å². The lowest BCUT2D eigenvalue weighted by Crippen LogP contribution is -2.48. The minimum absolute atomic E-state index is 0.0295. The second-order valence-corrected chi connectivity index (χ2v) is 9.48. The summed E-state index contributed by atoms with van der Waals surface area (Å²) < 4.78 is 41.7. The molecule has 1 unspecified atom stereocenters. The number of ether oxygens (including phenoxy) is 2. The lowest BCUT2D eigenvalue weighted by atomic mass is 10.2. The monoisotopic (exact) mass is 481 g/mol. The third kappa shape index (κ3) is 5.48. The Morgan fingerprint density at radius 2 is 2.09 bits per heavy atom. The van der Waals surface area contributed by atoms with Crippen molar-refractivity contribution >= 4 is 33.4 Å². The molecular weight excluding hydrogens is 454 g/mol. The Kier molecular flexibility index (Phi) is 7.01. The second-order valence-electron chi connectivity index (χ2n) is 7.65. The summed E-state index contributed by atoms with van der Waals surface area (Å²) in [6.07, 6.45) is -0.883. The van der Waals surface area contributed by atoms with Crippen molar-refractivity contribution in [3.63, 3.8) is 0 Å². The molecule has 2 amide bonds. The number of aromatic nitrogens is 2. The average Bonchev–Trinajstić information content (AvgIpc) is 3.14. The summed E-state index contributed by atoms with van der Waals surface area (Å²) in [5.74, 6) is -0.0832. The highest BCUT2D eigenvalue weighted by molar-refractivity contribution is 7.93. The van der Waals surface area contributed by atoms with Gasteiger partial charge in [-0.15, -0.1) is 5.10 Å². The third-order valence-electron chi connectivity index (χ3n) is 4.66. The molecule has 0 saturated heterocycles. The van der Waals surface area contributed by atoms with E-state index in [1.165, 1.54) is 36.0 Å². The normalized spacial score (nSPS) is 15.5. The van der Waals surface area contributed by atoms with Gasteiger partial charge >= 0.3 is 6.09 Å². The van der Waals surface area contributed by atoms with Gasteiger partial charge in [0.2, 0.25) is 5.91 Å². The number of hydrogen-bond acceptors (Lipinski definition) is 7. The fourth-order valence-electron chi connectivity index (χ4n) is 3.25. The molecule has 3 N–H and O–H groups in total. The van der Waals surface area contributed by atoms with Gasteiger partial charge in [0.1, 0.15) is 11.9 Å². The van der Waals surface area contributed by atoms with E-state index >= 15 is 0 Å². The maximum absolute atomic E-state index is 13.8. The first-order valence-corrected chi connectivity index (χ1v) is 11.8. The maximum Gasteiger partial charge on any atom is 0.409 e. The van der Waals surface area contributed by atoms with E-state index in [1.54, 1.807) is 13.8 Å². The number of amides is 2. The number of carbonyl (C=O) groups is 2. The zero-order valence-corrected chi connectivity index (χ0v) is 19.5. The van der Waals surface area contributed by atoms with E-state index in [1.807, 2.05) is 6.92 Å². The summed E-state index contributed by atoms with van der Waals surface area (Å²) in [6, 6.07) is 4.31. The number of sulfonamides is 1. The Labute approximate surface area is 191 Å². The quantitative estimate of drug-likeness (QED) is 0.517. The molecule has 1 aromatic heterocycles. The van der Waals surface area contributed by atoms with Crippen molar-refractivity contribution in [3.8, 4) is 11.6 Å². The highest BCUT2D eigenvalue weighted by atomic mass is 32.2. The van der Waals surface area contributed by atoms with Crippen LogP contribution in [0.3, 0.4) is 0 Å². The first kappa shape index (κ1) is 24.2. The molecule has 1 aromatic carbocycles. The van der Waals surface area contributed by atoms with Crippen molar-refractivity contribution < 1.29 is 32.6 Å². The van der Waals surface area contributed by atoms with Crippen molar-refractivity contribution in [2.45, 2.75) is 51.3 Å². The average molecular weight is 482 g/mol. The van der Waals surface area contributed by atoms with E-state index in [2.05, 4.69) is 15.7 Å². The molecule has 1 atom stereocenters. The summed E-state index contributed by atoms with van der Waals surface area (Å²) >= 11 is 0. The van der Waals surface area contributed by atoms with Crippen molar-refractivity contribution in [1.82, 2.24) is 15.1 Å². The van der Waals surface area contributed by atoms with E-state index in [4.69, 9.17) is 14.6 Å². The van der Waals surface area contributed by atoms with Crippen molar-refractivity contribution in [3.05, 3.63) is 24.4 Å². The van der Waals surface area contributed by atoms with E-state index in [0.29, 0.717) is 6.54 Å². The Hall–Kier alpha value is -3.48. The molecule has 1 aliphatic heterocycles. The van der Waals surface area contributed by atoms with Gasteiger partial charge in [-0.3, -0.25) is 19.1 Å². The van der Waals surface area contributed by atoms with Crippen LogP contribution in [-0.4, -0.2) is 60.6 Å². The first-order chi connectivity index (χ1) is 15.5. The molecule has 0 fully saturated rings. The minimum atomic E-state index is -4.20. The van der Waals surface area contributed by atoms with Gasteiger partial charge in [0.25, 0.3) is 15.9 Å². The number of aryl methyl sites for hydroxylation is 1. The Morgan fingerprint density at radius 1 is 1.36 bits per heavy atom. The summed E-state index contributed by atoms with van der Waals surface area (Å²) in [6.45, 7) is 7.09. The lowest BCUT2D eigenvalue weighted by molar-refractivity contribution is -0.119. The predicted octanol–water partition coefficient (Wildman–Crippen LogP) is 1.87. The molecule has 0 bridgehead atoms.